The van der Waals surface area contributed by atoms with Gasteiger partial charge in [-0.1, -0.05) is 42.5 Å². The maximum absolute atomic E-state index is 12.4. The van der Waals surface area contributed by atoms with Crippen LogP contribution >= 0.6 is 0 Å². The van der Waals surface area contributed by atoms with Crippen molar-refractivity contribution in [3.63, 3.8) is 0 Å². The predicted molar refractivity (Wildman–Crippen MR) is 103 cm³/mol. The number of amides is 2. The van der Waals surface area contributed by atoms with Gasteiger partial charge in [0.05, 0.1) is 6.54 Å². The van der Waals surface area contributed by atoms with Crippen LogP contribution in [0.25, 0.3) is 16.8 Å². The van der Waals surface area contributed by atoms with Crippen molar-refractivity contribution in [2.45, 2.75) is 33.2 Å². The summed E-state index contributed by atoms with van der Waals surface area (Å²) in [6, 6.07) is 14.1. The number of nitrogens with zero attached hydrogens (tertiary/aromatic N) is 1. The molecule has 4 nitrogen and oxygen atoms in total. The third-order valence-electron chi connectivity index (χ3n) is 3.77. The molecule has 0 fully saturated rings. The number of nitrogens with one attached hydrogen (secondary N) is 1. The van der Waals surface area contributed by atoms with Crippen LogP contribution in [0, 0.1) is 0 Å². The molecule has 2 amide bonds. The zero-order chi connectivity index (χ0) is 18.4. The summed E-state index contributed by atoms with van der Waals surface area (Å²) in [4.78, 5) is 26.0. The molecule has 2 aromatic carbocycles. The first-order valence-electron chi connectivity index (χ1n) is 8.56. The molecule has 0 aliphatic carbocycles. The molecule has 0 aromatic heterocycles. The topological polar surface area (TPSA) is 49.4 Å². The van der Waals surface area contributed by atoms with Crippen molar-refractivity contribution < 1.29 is 9.59 Å². The molecule has 0 saturated heterocycles. The van der Waals surface area contributed by atoms with E-state index in [1.54, 1.807) is 0 Å². The Hall–Kier alpha value is -2.62. The monoisotopic (exact) mass is 338 g/mol. The highest BCUT2D eigenvalue weighted by Crippen LogP contribution is 2.19. The van der Waals surface area contributed by atoms with E-state index < -0.39 is 0 Å². The predicted octanol–water partition coefficient (Wildman–Crippen LogP) is 3.62. The molecule has 132 valence electrons. The number of carbonyl (C=O) groups excluding carboxylic acids is 2. The molecule has 0 heterocycles. The van der Waals surface area contributed by atoms with Crippen LogP contribution in [0.1, 0.15) is 33.3 Å². The Kier molecular flexibility index (Phi) is 5.97. The summed E-state index contributed by atoms with van der Waals surface area (Å²) in [7, 11) is 0. The zero-order valence-electron chi connectivity index (χ0n) is 15.4. The van der Waals surface area contributed by atoms with E-state index in [0.717, 1.165) is 16.3 Å². The number of rotatable bonds is 5. The van der Waals surface area contributed by atoms with E-state index in [9.17, 15) is 9.59 Å². The summed E-state index contributed by atoms with van der Waals surface area (Å²) >= 11 is 0. The van der Waals surface area contributed by atoms with E-state index in [1.165, 1.54) is 11.0 Å². The van der Waals surface area contributed by atoms with Crippen molar-refractivity contribution >= 4 is 28.7 Å². The molecule has 0 unspecified atom stereocenters. The van der Waals surface area contributed by atoms with Crippen LogP contribution in [0.5, 0.6) is 0 Å². The number of carbonyl (C=O) groups is 2. The summed E-state index contributed by atoms with van der Waals surface area (Å²) in [5, 5.41) is 5.11. The van der Waals surface area contributed by atoms with Crippen molar-refractivity contribution in [3.8, 4) is 0 Å². The van der Waals surface area contributed by atoms with Gasteiger partial charge in [-0.05, 0) is 50.1 Å². The van der Waals surface area contributed by atoms with E-state index in [0.29, 0.717) is 6.54 Å². The SMILES string of the molecule is CCN(CC(=O)NC(C)(C)C)C(=O)/C=C/c1cccc2ccccc12. The minimum atomic E-state index is -0.307. The molecule has 0 aliphatic heterocycles. The normalized spacial score (nSPS) is 11.7. The van der Waals surface area contributed by atoms with Gasteiger partial charge >= 0.3 is 0 Å². The molecule has 2 aromatic rings. The molecule has 0 spiro atoms. The fourth-order valence-corrected chi connectivity index (χ4v) is 2.64. The summed E-state index contributed by atoms with van der Waals surface area (Å²) in [6.07, 6.45) is 3.35. The Morgan fingerprint density at radius 3 is 2.44 bits per heavy atom. The summed E-state index contributed by atoms with van der Waals surface area (Å²) in [5.41, 5.74) is 0.680. The third-order valence-corrected chi connectivity index (χ3v) is 3.77. The first-order chi connectivity index (χ1) is 11.8. The lowest BCUT2D eigenvalue weighted by Gasteiger charge is -2.24. The van der Waals surface area contributed by atoms with Crippen molar-refractivity contribution in [2.75, 3.05) is 13.1 Å². The average Bonchev–Trinajstić information content (AvgIpc) is 2.56. The maximum atomic E-state index is 12.4. The standard InChI is InChI=1S/C21H26N2O2/c1-5-23(15-19(24)22-21(2,3)4)20(25)14-13-17-11-8-10-16-9-6-7-12-18(16)17/h6-14H,5,15H2,1-4H3,(H,22,24)/b14-13+. The lowest BCUT2D eigenvalue weighted by molar-refractivity contribution is -0.132. The molecule has 0 bridgehead atoms. The average molecular weight is 338 g/mol. The van der Waals surface area contributed by atoms with Crippen LogP contribution in [0.15, 0.2) is 48.5 Å². The molecule has 0 aliphatic rings. The van der Waals surface area contributed by atoms with E-state index in [2.05, 4.69) is 5.32 Å². The highest BCUT2D eigenvalue weighted by Gasteiger charge is 2.18. The Bertz CT molecular complexity index is 783. The van der Waals surface area contributed by atoms with Gasteiger partial charge in [0, 0.05) is 18.2 Å². The van der Waals surface area contributed by atoms with Crippen LogP contribution in [0.2, 0.25) is 0 Å². The summed E-state index contributed by atoms with van der Waals surface area (Å²) < 4.78 is 0. The lowest BCUT2D eigenvalue weighted by atomic mass is 10.0. The summed E-state index contributed by atoms with van der Waals surface area (Å²) in [5.74, 6) is -0.319. The second-order valence-electron chi connectivity index (χ2n) is 7.05. The number of likely N-dealkylation sites (N-methyl/N-ethyl adjacent to an activating group) is 1. The third kappa shape index (κ3) is 5.45. The molecule has 25 heavy (non-hydrogen) atoms. The molecule has 0 saturated carbocycles. The van der Waals surface area contributed by atoms with E-state index in [-0.39, 0.29) is 23.9 Å². The molecule has 0 radical (unpaired) electrons. The first kappa shape index (κ1) is 18.7. The molecular formula is C21H26N2O2. The van der Waals surface area contributed by atoms with Crippen LogP contribution in [-0.4, -0.2) is 35.3 Å². The lowest BCUT2D eigenvalue weighted by Crippen LogP contribution is -2.47. The minimum Gasteiger partial charge on any atom is -0.350 e. The largest absolute Gasteiger partial charge is 0.350 e. The fraction of sp³-hybridized carbons (Fsp3) is 0.333. The number of hydrogen-bond acceptors (Lipinski definition) is 2. The number of fused-ring (bicyclic) bond motifs is 1. The Labute approximate surface area is 149 Å². The van der Waals surface area contributed by atoms with E-state index >= 15 is 0 Å². The Balaban J connectivity index is 2.10. The van der Waals surface area contributed by atoms with E-state index in [1.807, 2.05) is 76.2 Å². The van der Waals surface area contributed by atoms with Gasteiger partial charge in [0.15, 0.2) is 0 Å². The first-order valence-corrected chi connectivity index (χ1v) is 8.56. The van der Waals surface area contributed by atoms with Gasteiger partial charge < -0.3 is 10.2 Å². The van der Waals surface area contributed by atoms with Crippen molar-refractivity contribution in [1.82, 2.24) is 10.2 Å². The van der Waals surface area contributed by atoms with Crippen molar-refractivity contribution in [2.24, 2.45) is 0 Å². The van der Waals surface area contributed by atoms with Gasteiger partial charge in [-0.2, -0.15) is 0 Å². The van der Waals surface area contributed by atoms with Crippen LogP contribution < -0.4 is 5.32 Å². The van der Waals surface area contributed by atoms with Gasteiger partial charge in [-0.25, -0.2) is 0 Å². The van der Waals surface area contributed by atoms with Crippen molar-refractivity contribution in [1.29, 1.82) is 0 Å². The highest BCUT2D eigenvalue weighted by atomic mass is 16.2. The molecule has 4 heteroatoms. The summed E-state index contributed by atoms with van der Waals surface area (Å²) in [6.45, 7) is 8.17. The number of hydrogen-bond donors (Lipinski definition) is 1. The van der Waals surface area contributed by atoms with Gasteiger partial charge in [0.2, 0.25) is 11.8 Å². The van der Waals surface area contributed by atoms with Gasteiger partial charge in [0.1, 0.15) is 0 Å². The Morgan fingerprint density at radius 1 is 1.08 bits per heavy atom. The smallest absolute Gasteiger partial charge is 0.247 e. The highest BCUT2D eigenvalue weighted by molar-refractivity contribution is 5.98. The Morgan fingerprint density at radius 2 is 1.76 bits per heavy atom. The second-order valence-corrected chi connectivity index (χ2v) is 7.05. The molecule has 2 rings (SSSR count). The minimum absolute atomic E-state index is 0.0620. The van der Waals surface area contributed by atoms with Gasteiger partial charge in [0.25, 0.3) is 0 Å². The van der Waals surface area contributed by atoms with Gasteiger partial charge in [-0.3, -0.25) is 9.59 Å². The quantitative estimate of drug-likeness (QED) is 0.847. The molecule has 1 N–H and O–H groups in total. The van der Waals surface area contributed by atoms with Crippen LogP contribution in [0.4, 0.5) is 0 Å². The van der Waals surface area contributed by atoms with Gasteiger partial charge in [-0.15, -0.1) is 0 Å². The maximum Gasteiger partial charge on any atom is 0.247 e. The van der Waals surface area contributed by atoms with E-state index in [4.69, 9.17) is 0 Å². The second kappa shape index (κ2) is 7.97. The van der Waals surface area contributed by atoms with Crippen molar-refractivity contribution in [3.05, 3.63) is 54.1 Å². The van der Waals surface area contributed by atoms with Crippen LogP contribution in [0.3, 0.4) is 0 Å². The fourth-order valence-electron chi connectivity index (χ4n) is 2.64. The van der Waals surface area contributed by atoms with Crippen LogP contribution in [-0.2, 0) is 9.59 Å². The molecule has 0 atom stereocenters. The zero-order valence-corrected chi connectivity index (χ0v) is 15.4. The molecular weight excluding hydrogens is 312 g/mol. The number of benzene rings is 2.